The van der Waals surface area contributed by atoms with Gasteiger partial charge in [-0.2, -0.15) is 31.4 Å². The Morgan fingerprint density at radius 1 is 1.05 bits per heavy atom. The van der Waals surface area contributed by atoms with Gasteiger partial charge in [0, 0.05) is 17.0 Å². The van der Waals surface area contributed by atoms with Crippen LogP contribution < -0.4 is 11.1 Å². The number of nitrogens with two attached hydrogens (primary N) is 1. The topological polar surface area (TPSA) is 103 Å². The van der Waals surface area contributed by atoms with Gasteiger partial charge in [0.2, 0.25) is 5.91 Å². The van der Waals surface area contributed by atoms with Crippen LogP contribution >= 0.6 is 11.3 Å². The van der Waals surface area contributed by atoms with Crippen LogP contribution in [0.5, 0.6) is 0 Å². The van der Waals surface area contributed by atoms with Gasteiger partial charge in [0.25, 0.3) is 5.91 Å². The summed E-state index contributed by atoms with van der Waals surface area (Å²) < 4.78 is 82.1. The molecule has 1 atom stereocenters. The molecule has 39 heavy (non-hydrogen) atoms. The number of primary amides is 1. The van der Waals surface area contributed by atoms with E-state index in [9.17, 15) is 35.9 Å². The van der Waals surface area contributed by atoms with Crippen LogP contribution in [0.25, 0.3) is 21.3 Å². The Bertz CT molecular complexity index is 1590. The molecule has 1 saturated carbocycles. The van der Waals surface area contributed by atoms with Gasteiger partial charge in [0.05, 0.1) is 5.69 Å². The number of pyridine rings is 1. The third kappa shape index (κ3) is 5.07. The molecular weight excluding hydrogens is 548 g/mol. The molecule has 1 unspecified atom stereocenters. The summed E-state index contributed by atoms with van der Waals surface area (Å²) >= 11 is 0.575. The van der Waals surface area contributed by atoms with Gasteiger partial charge in [-0.05, 0) is 43.0 Å². The number of alkyl halides is 6. The van der Waals surface area contributed by atoms with Crippen LogP contribution in [0, 0.1) is 0 Å². The van der Waals surface area contributed by atoms with E-state index in [4.69, 9.17) is 5.73 Å². The first-order valence-corrected chi connectivity index (χ1v) is 12.4. The highest BCUT2D eigenvalue weighted by Gasteiger charge is 2.40. The Balaban J connectivity index is 1.63. The average Bonchev–Trinajstić information content (AvgIpc) is 3.49. The molecule has 5 rings (SSSR count). The number of carbonyl (C=O) groups is 2. The summed E-state index contributed by atoms with van der Waals surface area (Å²) in [5.41, 5.74) is 3.63. The Kier molecular flexibility index (Phi) is 6.40. The van der Waals surface area contributed by atoms with Gasteiger partial charge in [-0.25, -0.2) is 4.98 Å². The molecule has 1 fully saturated rings. The number of hydrogen-bond acceptors (Lipinski definition) is 5. The average molecular weight is 568 g/mol. The van der Waals surface area contributed by atoms with Crippen molar-refractivity contribution >= 4 is 39.1 Å². The molecule has 14 heteroatoms. The summed E-state index contributed by atoms with van der Waals surface area (Å²) in [5, 5.41) is 6.19. The fourth-order valence-corrected chi connectivity index (χ4v) is 5.27. The predicted molar refractivity (Wildman–Crippen MR) is 131 cm³/mol. The summed E-state index contributed by atoms with van der Waals surface area (Å²) in [4.78, 5) is 28.9. The van der Waals surface area contributed by atoms with Crippen LogP contribution in [-0.4, -0.2) is 26.6 Å². The van der Waals surface area contributed by atoms with Crippen LogP contribution in [0.15, 0.2) is 42.5 Å². The number of halogens is 6. The van der Waals surface area contributed by atoms with Crippen molar-refractivity contribution in [2.24, 2.45) is 5.73 Å². The predicted octanol–water partition coefficient (Wildman–Crippen LogP) is 6.37. The molecule has 0 aliphatic heterocycles. The highest BCUT2D eigenvalue weighted by atomic mass is 32.1. The number of benzene rings is 1. The highest BCUT2D eigenvalue weighted by Crippen LogP contribution is 2.45. The summed E-state index contributed by atoms with van der Waals surface area (Å²) in [6.45, 7) is 1.34. The van der Waals surface area contributed by atoms with Gasteiger partial charge in [-0.3, -0.25) is 14.3 Å². The van der Waals surface area contributed by atoms with Crippen molar-refractivity contribution in [1.82, 2.24) is 14.8 Å². The number of anilines is 1. The van der Waals surface area contributed by atoms with E-state index < -0.39 is 41.6 Å². The van der Waals surface area contributed by atoms with E-state index in [1.807, 2.05) is 0 Å². The Labute approximate surface area is 220 Å². The first-order valence-electron chi connectivity index (χ1n) is 11.6. The molecule has 3 heterocycles. The number of nitrogens with zero attached hydrogens (tertiary/aromatic N) is 3. The molecule has 4 aromatic rings. The third-order valence-electron chi connectivity index (χ3n) is 6.31. The van der Waals surface area contributed by atoms with E-state index >= 15 is 0 Å². The lowest BCUT2D eigenvalue weighted by Gasteiger charge is -2.17. The molecule has 3 aromatic heterocycles. The van der Waals surface area contributed by atoms with Crippen LogP contribution in [0.3, 0.4) is 0 Å². The molecule has 7 nitrogen and oxygen atoms in total. The minimum absolute atomic E-state index is 0.0387. The zero-order valence-electron chi connectivity index (χ0n) is 20.0. The zero-order valence-corrected chi connectivity index (χ0v) is 20.8. The van der Waals surface area contributed by atoms with Crippen molar-refractivity contribution in [2.75, 3.05) is 5.32 Å². The van der Waals surface area contributed by atoms with Crippen molar-refractivity contribution in [3.05, 3.63) is 64.4 Å². The van der Waals surface area contributed by atoms with Crippen molar-refractivity contribution in [2.45, 2.75) is 44.1 Å². The number of rotatable bonds is 6. The van der Waals surface area contributed by atoms with Crippen molar-refractivity contribution in [3.8, 4) is 11.1 Å². The molecular formula is C25H19F6N5O2S. The molecule has 0 radical (unpaired) electrons. The van der Waals surface area contributed by atoms with Gasteiger partial charge < -0.3 is 11.1 Å². The monoisotopic (exact) mass is 567 g/mol. The van der Waals surface area contributed by atoms with Crippen molar-refractivity contribution in [3.63, 3.8) is 0 Å². The van der Waals surface area contributed by atoms with E-state index in [-0.39, 0.29) is 38.0 Å². The van der Waals surface area contributed by atoms with Gasteiger partial charge in [-0.15, -0.1) is 11.3 Å². The van der Waals surface area contributed by atoms with Gasteiger partial charge in [-0.1, -0.05) is 30.3 Å². The van der Waals surface area contributed by atoms with Crippen LogP contribution in [0.2, 0.25) is 0 Å². The van der Waals surface area contributed by atoms with Gasteiger partial charge in [0.1, 0.15) is 21.4 Å². The number of amides is 2. The number of fused-ring (bicyclic) bond motifs is 1. The second-order valence-corrected chi connectivity index (χ2v) is 10.1. The van der Waals surface area contributed by atoms with Crippen LogP contribution in [0.4, 0.5) is 32.0 Å². The second kappa shape index (κ2) is 9.36. The third-order valence-corrected chi connectivity index (χ3v) is 7.40. The lowest BCUT2D eigenvalue weighted by atomic mass is 10.0. The Morgan fingerprint density at radius 2 is 1.69 bits per heavy atom. The molecule has 0 bridgehead atoms. The normalized spacial score (nSPS) is 14.9. The fourth-order valence-electron chi connectivity index (χ4n) is 4.26. The quantitative estimate of drug-likeness (QED) is 0.264. The molecule has 0 spiro atoms. The maximum Gasteiger partial charge on any atom is 0.435 e. The SMILES string of the molecule is CC(C(=O)Nc1c(C(N)=O)sc2nc(C(F)(F)F)cc(-c3ccccc3)c12)n1nc(C(F)(F)F)cc1C1CC1. The highest BCUT2D eigenvalue weighted by molar-refractivity contribution is 7.21. The maximum atomic E-state index is 13.7. The van der Waals surface area contributed by atoms with E-state index in [0.717, 1.165) is 16.8 Å². The van der Waals surface area contributed by atoms with Crippen molar-refractivity contribution < 1.29 is 35.9 Å². The molecule has 0 saturated heterocycles. The Hall–Kier alpha value is -3.94. The van der Waals surface area contributed by atoms with Crippen LogP contribution in [-0.2, 0) is 17.1 Å². The lowest BCUT2D eigenvalue weighted by molar-refractivity contribution is -0.142. The first-order chi connectivity index (χ1) is 18.3. The van der Waals surface area contributed by atoms with Crippen molar-refractivity contribution in [1.29, 1.82) is 0 Å². The summed E-state index contributed by atoms with van der Waals surface area (Å²) in [6.07, 6.45) is -8.24. The molecule has 3 N–H and O–H groups in total. The van der Waals surface area contributed by atoms with E-state index in [0.29, 0.717) is 29.7 Å². The largest absolute Gasteiger partial charge is 0.435 e. The van der Waals surface area contributed by atoms with E-state index in [1.54, 1.807) is 30.3 Å². The minimum Gasteiger partial charge on any atom is -0.365 e. The number of thiophene rings is 1. The number of aromatic nitrogens is 3. The summed E-state index contributed by atoms with van der Waals surface area (Å²) in [5.74, 6) is -2.04. The number of carbonyl (C=O) groups excluding carboxylic acids is 2. The maximum absolute atomic E-state index is 13.7. The van der Waals surface area contributed by atoms with Gasteiger partial charge in [0.15, 0.2) is 5.69 Å². The molecule has 1 aromatic carbocycles. The molecule has 1 aliphatic rings. The lowest BCUT2D eigenvalue weighted by Crippen LogP contribution is -2.27. The summed E-state index contributed by atoms with van der Waals surface area (Å²) in [7, 11) is 0. The molecule has 1 aliphatic carbocycles. The van der Waals surface area contributed by atoms with Gasteiger partial charge >= 0.3 is 12.4 Å². The number of nitrogens with one attached hydrogen (secondary N) is 1. The van der Waals surface area contributed by atoms with E-state index in [1.165, 1.54) is 6.92 Å². The smallest absolute Gasteiger partial charge is 0.365 e. The Morgan fingerprint density at radius 3 is 2.26 bits per heavy atom. The first kappa shape index (κ1) is 26.7. The molecule has 204 valence electrons. The second-order valence-electron chi connectivity index (χ2n) is 9.11. The zero-order chi connectivity index (χ0) is 28.3. The standard InChI is InChI=1S/C25H19F6N5O2S/c1-11(36-15(13-7-8-13)10-17(35-36)25(29,30)31)22(38)34-19-18-14(12-5-3-2-4-6-12)9-16(24(26,27)28)33-23(18)39-20(19)21(32)37/h2-6,9-11,13H,7-8H2,1H3,(H2,32,37)(H,34,38). The van der Waals surface area contributed by atoms with E-state index in [2.05, 4.69) is 15.4 Å². The number of hydrogen-bond donors (Lipinski definition) is 2. The minimum atomic E-state index is -4.80. The fraction of sp³-hybridized carbons (Fsp3) is 0.280. The van der Waals surface area contributed by atoms with Crippen LogP contribution in [0.1, 0.15) is 58.5 Å². The molecule has 2 amide bonds. The summed E-state index contributed by atoms with van der Waals surface area (Å²) in [6, 6.07) is 8.43.